The largest absolute Gasteiger partial charge is 0.161 e. The molecule has 0 saturated carbocycles. The molecule has 120 valence electrons. The molecule has 0 unspecified atom stereocenters. The molecule has 0 aliphatic rings. The van der Waals surface area contributed by atoms with Crippen LogP contribution in [0.25, 0.3) is 0 Å². The van der Waals surface area contributed by atoms with Crippen LogP contribution >= 0.6 is 11.8 Å². The Morgan fingerprint density at radius 2 is 1.41 bits per heavy atom. The summed E-state index contributed by atoms with van der Waals surface area (Å²) in [5, 5.41) is 0. The van der Waals surface area contributed by atoms with Crippen molar-refractivity contribution in [3.05, 3.63) is 69.8 Å². The average molecular weight is 315 g/mol. The van der Waals surface area contributed by atoms with Crippen molar-refractivity contribution in [2.24, 2.45) is 0 Å². The van der Waals surface area contributed by atoms with Gasteiger partial charge in [-0.05, 0) is 56.6 Å². The Morgan fingerprint density at radius 3 is 1.86 bits per heavy atom. The highest BCUT2D eigenvalue weighted by Crippen LogP contribution is 2.19. The van der Waals surface area contributed by atoms with Crippen LogP contribution in [0.3, 0.4) is 0 Å². The summed E-state index contributed by atoms with van der Waals surface area (Å²) in [5.41, 5.74) is 8.42. The summed E-state index contributed by atoms with van der Waals surface area (Å²) >= 11 is 1.87. The van der Waals surface area contributed by atoms with Crippen molar-refractivity contribution in [2.75, 3.05) is 6.26 Å². The Hall–Kier alpha value is -1.21. The normalized spacial score (nSPS) is 10.4. The maximum atomic E-state index is 2.28. The molecule has 0 aromatic heterocycles. The zero-order valence-electron chi connectivity index (χ0n) is 15.2. The molecule has 0 atom stereocenters. The minimum atomic E-state index is 0.648. The van der Waals surface area contributed by atoms with E-state index in [4.69, 9.17) is 0 Å². The fourth-order valence-electron chi connectivity index (χ4n) is 2.70. The van der Waals surface area contributed by atoms with Gasteiger partial charge in [-0.1, -0.05) is 66.9 Å². The summed E-state index contributed by atoms with van der Waals surface area (Å²) in [6, 6.07) is 13.4. The second-order valence-corrected chi connectivity index (χ2v) is 7.31. The van der Waals surface area contributed by atoms with Gasteiger partial charge in [0.25, 0.3) is 0 Å². The van der Waals surface area contributed by atoms with Gasteiger partial charge >= 0.3 is 0 Å². The number of aryl methyl sites for hydroxylation is 4. The van der Waals surface area contributed by atoms with Gasteiger partial charge in [0.15, 0.2) is 0 Å². The van der Waals surface area contributed by atoms with E-state index in [9.17, 15) is 0 Å². The zero-order valence-corrected chi connectivity index (χ0v) is 16.0. The molecule has 1 heteroatoms. The molecule has 0 fully saturated rings. The lowest BCUT2D eigenvalue weighted by Crippen LogP contribution is -1.91. The summed E-state index contributed by atoms with van der Waals surface area (Å²) in [5.74, 6) is 1.78. The van der Waals surface area contributed by atoms with E-state index in [1.165, 1.54) is 33.4 Å². The van der Waals surface area contributed by atoms with Crippen molar-refractivity contribution in [1.29, 1.82) is 0 Å². The molecule has 0 nitrogen and oxygen atoms in total. The van der Waals surface area contributed by atoms with Crippen LogP contribution in [0.5, 0.6) is 0 Å². The fourth-order valence-corrected chi connectivity index (χ4v) is 3.20. The monoisotopic (exact) mass is 314 g/mol. The van der Waals surface area contributed by atoms with Crippen LogP contribution in [0, 0.1) is 27.7 Å². The van der Waals surface area contributed by atoms with Gasteiger partial charge < -0.3 is 0 Å². The predicted octanol–water partition coefficient (Wildman–Crippen LogP) is 6.59. The Bertz CT molecular complexity index is 577. The van der Waals surface area contributed by atoms with Crippen LogP contribution in [-0.4, -0.2) is 6.26 Å². The number of thioether (sulfide) groups is 1. The van der Waals surface area contributed by atoms with Crippen LogP contribution in [0.15, 0.2) is 36.4 Å². The van der Waals surface area contributed by atoms with Gasteiger partial charge in [0.2, 0.25) is 0 Å². The van der Waals surface area contributed by atoms with Gasteiger partial charge in [-0.15, -0.1) is 0 Å². The summed E-state index contributed by atoms with van der Waals surface area (Å²) < 4.78 is 0. The summed E-state index contributed by atoms with van der Waals surface area (Å²) in [4.78, 5) is 0. The second kappa shape index (κ2) is 9.05. The number of benzene rings is 2. The van der Waals surface area contributed by atoms with E-state index in [1.54, 1.807) is 0 Å². The summed E-state index contributed by atoms with van der Waals surface area (Å²) in [7, 11) is 0. The van der Waals surface area contributed by atoms with E-state index in [1.807, 2.05) is 11.8 Å². The van der Waals surface area contributed by atoms with Crippen molar-refractivity contribution in [1.82, 2.24) is 0 Å². The first kappa shape index (κ1) is 18.8. The third-order valence-corrected chi connectivity index (χ3v) is 4.27. The quantitative estimate of drug-likeness (QED) is 0.615. The van der Waals surface area contributed by atoms with E-state index in [-0.39, 0.29) is 0 Å². The molecule has 0 aliphatic heterocycles. The average Bonchev–Trinajstić information content (AvgIpc) is 2.41. The van der Waals surface area contributed by atoms with Crippen LogP contribution < -0.4 is 0 Å². The molecule has 0 amide bonds. The minimum absolute atomic E-state index is 0.648. The van der Waals surface area contributed by atoms with Crippen molar-refractivity contribution in [3.63, 3.8) is 0 Å². The van der Waals surface area contributed by atoms with Crippen LogP contribution in [0.2, 0.25) is 0 Å². The standard InChI is InChI=1S/C11H16.C10H14S/c1-8(2)11-7-9(3)5-6-10(11)4;1-8-4-9(2)6-10(5-8)7-11-3/h5-8H,1-4H3;4-6H,7H2,1-3H3. The van der Waals surface area contributed by atoms with Gasteiger partial charge in [0.1, 0.15) is 0 Å². The highest BCUT2D eigenvalue weighted by molar-refractivity contribution is 7.97. The van der Waals surface area contributed by atoms with Gasteiger partial charge in [-0.3, -0.25) is 0 Å². The molecule has 2 aromatic rings. The molecular formula is C21H30S. The molecular weight excluding hydrogens is 284 g/mol. The van der Waals surface area contributed by atoms with Crippen LogP contribution in [0.1, 0.15) is 53.1 Å². The van der Waals surface area contributed by atoms with Gasteiger partial charge in [-0.25, -0.2) is 0 Å². The highest BCUT2D eigenvalue weighted by Gasteiger charge is 2.01. The molecule has 0 spiro atoms. The van der Waals surface area contributed by atoms with E-state index in [0.717, 1.165) is 5.75 Å². The molecule has 2 rings (SSSR count). The summed E-state index contributed by atoms with van der Waals surface area (Å²) in [6.07, 6.45) is 2.14. The van der Waals surface area contributed by atoms with Crippen molar-refractivity contribution in [2.45, 2.75) is 53.2 Å². The maximum absolute atomic E-state index is 2.28. The van der Waals surface area contributed by atoms with Crippen LogP contribution in [0.4, 0.5) is 0 Å². The topological polar surface area (TPSA) is 0 Å². The molecule has 0 saturated heterocycles. The number of rotatable bonds is 3. The molecule has 0 N–H and O–H groups in total. The van der Waals surface area contributed by atoms with Crippen molar-refractivity contribution in [3.8, 4) is 0 Å². The van der Waals surface area contributed by atoms with E-state index in [2.05, 4.69) is 84.2 Å². The Kier molecular flexibility index (Phi) is 7.75. The first-order valence-electron chi connectivity index (χ1n) is 7.96. The Balaban J connectivity index is 0.000000220. The smallest absolute Gasteiger partial charge is 0.0181 e. The molecule has 22 heavy (non-hydrogen) atoms. The highest BCUT2D eigenvalue weighted by atomic mass is 32.2. The van der Waals surface area contributed by atoms with E-state index < -0.39 is 0 Å². The molecule has 0 aliphatic carbocycles. The van der Waals surface area contributed by atoms with Crippen molar-refractivity contribution < 1.29 is 0 Å². The van der Waals surface area contributed by atoms with Gasteiger partial charge in [0, 0.05) is 5.75 Å². The third-order valence-electron chi connectivity index (χ3n) is 3.65. The zero-order chi connectivity index (χ0) is 16.7. The number of hydrogen-bond donors (Lipinski definition) is 0. The van der Waals surface area contributed by atoms with Crippen LogP contribution in [-0.2, 0) is 5.75 Å². The fraction of sp³-hybridized carbons (Fsp3) is 0.429. The Morgan fingerprint density at radius 1 is 0.818 bits per heavy atom. The first-order chi connectivity index (χ1) is 10.3. The van der Waals surface area contributed by atoms with E-state index >= 15 is 0 Å². The van der Waals surface area contributed by atoms with Crippen molar-refractivity contribution >= 4 is 11.8 Å². The SMILES string of the molecule is CSCc1cc(C)cc(C)c1.Cc1ccc(C)c(C(C)C)c1. The summed E-state index contributed by atoms with van der Waals surface area (Å²) in [6.45, 7) is 13.1. The van der Waals surface area contributed by atoms with E-state index in [0.29, 0.717) is 5.92 Å². The third kappa shape index (κ3) is 6.27. The molecule has 2 aromatic carbocycles. The first-order valence-corrected chi connectivity index (χ1v) is 9.36. The maximum Gasteiger partial charge on any atom is 0.0181 e. The minimum Gasteiger partial charge on any atom is -0.161 e. The lowest BCUT2D eigenvalue weighted by molar-refractivity contribution is 0.854. The molecule has 0 heterocycles. The Labute approximate surface area is 141 Å². The molecule has 0 radical (unpaired) electrons. The lowest BCUT2D eigenvalue weighted by Gasteiger charge is -2.09. The predicted molar refractivity (Wildman–Crippen MR) is 103 cm³/mol. The van der Waals surface area contributed by atoms with Gasteiger partial charge in [0.05, 0.1) is 0 Å². The number of hydrogen-bond acceptors (Lipinski definition) is 1. The van der Waals surface area contributed by atoms with Gasteiger partial charge in [-0.2, -0.15) is 11.8 Å². The molecule has 0 bridgehead atoms. The lowest BCUT2D eigenvalue weighted by atomic mass is 9.96. The second-order valence-electron chi connectivity index (χ2n) is 6.44.